The highest BCUT2D eigenvalue weighted by atomic mass is 32.2. The van der Waals surface area contributed by atoms with Crippen molar-refractivity contribution >= 4 is 10.1 Å². The molecule has 1 saturated heterocycles. The monoisotopic (exact) mass is 365 g/mol. The summed E-state index contributed by atoms with van der Waals surface area (Å²) >= 11 is 0. The second-order valence-corrected chi connectivity index (χ2v) is 9.20. The number of likely N-dealkylation sites (tertiary alicyclic amines) is 1. The number of hydrogen-bond acceptors (Lipinski definition) is 6. The number of nitrogens with zero attached hydrogens (tertiary/aromatic N) is 1. The van der Waals surface area contributed by atoms with Gasteiger partial charge in [-0.1, -0.05) is 12.1 Å². The summed E-state index contributed by atoms with van der Waals surface area (Å²) in [6.45, 7) is 0.713. The van der Waals surface area contributed by atoms with E-state index in [9.17, 15) is 23.2 Å². The van der Waals surface area contributed by atoms with E-state index < -0.39 is 26.6 Å². The highest BCUT2D eigenvalue weighted by Gasteiger charge is 2.70. The smallest absolute Gasteiger partial charge is 0.302 e. The average molecular weight is 365 g/mol. The van der Waals surface area contributed by atoms with Crippen molar-refractivity contribution in [3.05, 3.63) is 35.4 Å². The molecule has 1 aromatic rings. The lowest BCUT2D eigenvalue weighted by Gasteiger charge is -2.57. The van der Waals surface area contributed by atoms with Crippen molar-refractivity contribution in [3.8, 4) is 11.5 Å². The lowest BCUT2D eigenvalue weighted by atomic mass is 9.53. The number of hydrogen-bond donors (Lipinski definition) is 3. The van der Waals surface area contributed by atoms with Gasteiger partial charge in [-0.25, -0.2) is 0 Å². The molecule has 2 aliphatic heterocycles. The summed E-state index contributed by atoms with van der Waals surface area (Å²) in [6, 6.07) is 3.53. The zero-order chi connectivity index (χ0) is 17.8. The van der Waals surface area contributed by atoms with Gasteiger partial charge in [-0.15, -0.1) is 0 Å². The molecule has 25 heavy (non-hydrogen) atoms. The molecule has 5 unspecified atom stereocenters. The number of ether oxygens (including phenoxy) is 1. The van der Waals surface area contributed by atoms with Gasteiger partial charge in [0.15, 0.2) is 17.6 Å². The van der Waals surface area contributed by atoms with Gasteiger partial charge in [-0.3, -0.25) is 4.55 Å². The molecule has 8 heteroatoms. The topological polar surface area (TPSA) is 107 Å². The van der Waals surface area contributed by atoms with Crippen molar-refractivity contribution in [1.29, 1.82) is 0 Å². The van der Waals surface area contributed by atoms with Crippen LogP contribution < -0.4 is 4.74 Å². The Morgan fingerprint density at radius 1 is 1.36 bits per heavy atom. The van der Waals surface area contributed by atoms with Crippen molar-refractivity contribution in [2.24, 2.45) is 5.92 Å². The van der Waals surface area contributed by atoms with E-state index in [1.54, 1.807) is 6.08 Å². The minimum absolute atomic E-state index is 0.0613. The minimum Gasteiger partial charge on any atom is -0.504 e. The van der Waals surface area contributed by atoms with Crippen molar-refractivity contribution in [2.45, 2.75) is 35.3 Å². The number of benzene rings is 1. The maximum atomic E-state index is 12.0. The summed E-state index contributed by atoms with van der Waals surface area (Å²) in [6.07, 6.45) is 2.99. The number of piperidine rings is 1. The van der Waals surface area contributed by atoms with E-state index in [4.69, 9.17) is 4.74 Å². The van der Waals surface area contributed by atoms with E-state index in [1.807, 2.05) is 13.1 Å². The number of rotatable bonds is 1. The molecule has 1 fully saturated rings. The summed E-state index contributed by atoms with van der Waals surface area (Å²) in [4.78, 5) is -0.299. The molecule has 5 rings (SSSR count). The van der Waals surface area contributed by atoms with Crippen LogP contribution >= 0.6 is 0 Å². The van der Waals surface area contributed by atoms with Crippen LogP contribution in [0.2, 0.25) is 0 Å². The summed E-state index contributed by atoms with van der Waals surface area (Å²) in [5, 5.41) is 21.2. The van der Waals surface area contributed by atoms with Gasteiger partial charge in [0.05, 0.1) is 0 Å². The van der Waals surface area contributed by atoms with Crippen molar-refractivity contribution in [2.75, 3.05) is 13.6 Å². The van der Waals surface area contributed by atoms with Gasteiger partial charge in [0.1, 0.15) is 0 Å². The quantitative estimate of drug-likeness (QED) is 0.489. The fourth-order valence-corrected chi connectivity index (χ4v) is 6.27. The zero-order valence-electron chi connectivity index (χ0n) is 13.6. The molecule has 7 nitrogen and oxygen atoms in total. The second-order valence-electron chi connectivity index (χ2n) is 7.60. The SMILES string of the molecule is CN1CCC23c4c5ccc(O)c4OC2C(O)(S(=O)(=O)O)C=CC3C1C5. The highest BCUT2D eigenvalue weighted by molar-refractivity contribution is 7.87. The fraction of sp³-hybridized carbons (Fsp3) is 0.529. The van der Waals surface area contributed by atoms with Gasteiger partial charge in [-0.2, -0.15) is 8.42 Å². The third-order valence-corrected chi connectivity index (χ3v) is 7.78. The molecule has 4 aliphatic rings. The van der Waals surface area contributed by atoms with Crippen molar-refractivity contribution in [3.63, 3.8) is 0 Å². The molecular formula is C17H19NO6S. The molecule has 0 amide bonds. The lowest BCUT2D eigenvalue weighted by Crippen LogP contribution is -2.69. The van der Waals surface area contributed by atoms with Gasteiger partial charge in [0.2, 0.25) is 4.93 Å². The molecule has 2 heterocycles. The predicted octanol–water partition coefficient (Wildman–Crippen LogP) is 0.414. The largest absolute Gasteiger partial charge is 0.504 e. The zero-order valence-corrected chi connectivity index (χ0v) is 14.4. The molecule has 1 spiro atoms. The summed E-state index contributed by atoms with van der Waals surface area (Å²) in [5.74, 6) is 0.103. The number of phenolic OH excluding ortho intramolecular Hbond substituents is 1. The third kappa shape index (κ3) is 1.60. The van der Waals surface area contributed by atoms with Crippen LogP contribution in [0.1, 0.15) is 17.5 Å². The number of likely N-dealkylation sites (N-methyl/N-ethyl adjacent to an activating group) is 1. The standard InChI is InChI=1S/C17H19NO6S/c1-18-7-6-16-10-4-5-17(20,25(21,22)23)15(16)24-14-12(19)3-2-9(13(14)16)8-11(10)18/h2-5,10-11,15,19-20H,6-8H2,1H3,(H,21,22,23). The first-order chi connectivity index (χ1) is 11.7. The van der Waals surface area contributed by atoms with E-state index in [0.29, 0.717) is 13.0 Å². The van der Waals surface area contributed by atoms with Crippen molar-refractivity contribution < 1.29 is 27.9 Å². The number of aromatic hydroxyl groups is 1. The van der Waals surface area contributed by atoms with Crippen LogP contribution in [0.4, 0.5) is 0 Å². The molecule has 0 radical (unpaired) electrons. The predicted molar refractivity (Wildman–Crippen MR) is 88.1 cm³/mol. The molecule has 0 saturated carbocycles. The van der Waals surface area contributed by atoms with E-state index in [1.165, 1.54) is 6.07 Å². The Kier molecular flexibility index (Phi) is 2.74. The third-order valence-electron chi connectivity index (χ3n) is 6.61. The first-order valence-electron chi connectivity index (χ1n) is 8.31. The van der Waals surface area contributed by atoms with E-state index >= 15 is 0 Å². The number of aliphatic hydroxyl groups is 1. The van der Waals surface area contributed by atoms with Crippen LogP contribution in [0.3, 0.4) is 0 Å². The summed E-state index contributed by atoms with van der Waals surface area (Å²) in [7, 11) is -2.80. The minimum atomic E-state index is -4.83. The van der Waals surface area contributed by atoms with Crippen LogP contribution in [-0.4, -0.2) is 58.8 Å². The molecular weight excluding hydrogens is 346 g/mol. The van der Waals surface area contributed by atoms with Crippen LogP contribution in [0.25, 0.3) is 0 Å². The maximum Gasteiger partial charge on any atom is 0.302 e. The molecule has 3 N–H and O–H groups in total. The first-order valence-corrected chi connectivity index (χ1v) is 9.75. The van der Waals surface area contributed by atoms with Gasteiger partial charge < -0.3 is 19.8 Å². The Morgan fingerprint density at radius 2 is 2.12 bits per heavy atom. The van der Waals surface area contributed by atoms with Gasteiger partial charge >= 0.3 is 10.1 Å². The maximum absolute atomic E-state index is 12.0. The highest BCUT2D eigenvalue weighted by Crippen LogP contribution is 2.64. The van der Waals surface area contributed by atoms with Crippen molar-refractivity contribution in [1.82, 2.24) is 4.90 Å². The van der Waals surface area contributed by atoms with E-state index in [0.717, 1.165) is 23.6 Å². The summed E-state index contributed by atoms with van der Waals surface area (Å²) in [5.41, 5.74) is 1.01. The molecule has 5 atom stereocenters. The van der Waals surface area contributed by atoms with Gasteiger partial charge in [0, 0.05) is 22.9 Å². The molecule has 0 aromatic heterocycles. The van der Waals surface area contributed by atoms with Gasteiger partial charge in [-0.05, 0) is 44.1 Å². The van der Waals surface area contributed by atoms with Gasteiger partial charge in [0.25, 0.3) is 0 Å². The second kappa shape index (κ2) is 4.37. The molecule has 134 valence electrons. The first kappa shape index (κ1) is 15.6. The molecule has 2 bridgehead atoms. The molecule has 1 aromatic carbocycles. The Labute approximate surface area is 145 Å². The van der Waals surface area contributed by atoms with Crippen LogP contribution in [0.15, 0.2) is 24.3 Å². The fourth-order valence-electron chi connectivity index (χ4n) is 5.49. The van der Waals surface area contributed by atoms with Crippen LogP contribution in [0.5, 0.6) is 11.5 Å². The Bertz CT molecular complexity index is 927. The lowest BCUT2D eigenvalue weighted by molar-refractivity contribution is -0.0646. The Morgan fingerprint density at radius 3 is 2.84 bits per heavy atom. The summed E-state index contributed by atoms with van der Waals surface area (Å²) < 4.78 is 39.7. The van der Waals surface area contributed by atoms with Crippen LogP contribution in [0, 0.1) is 5.92 Å². The molecule has 2 aliphatic carbocycles. The van der Waals surface area contributed by atoms with E-state index in [-0.39, 0.29) is 23.5 Å². The number of phenols is 1. The normalized spacial score (nSPS) is 41.3. The van der Waals surface area contributed by atoms with E-state index in [2.05, 4.69) is 4.90 Å². The Hall–Kier alpha value is -1.61. The van der Waals surface area contributed by atoms with Crippen LogP contribution in [-0.2, 0) is 22.0 Å². The average Bonchev–Trinajstić information content (AvgIpc) is 2.90. The Balaban J connectivity index is 1.86.